The Labute approximate surface area is 225 Å². The maximum atomic E-state index is 11.9. The zero-order valence-electron chi connectivity index (χ0n) is 24.7. The van der Waals surface area contributed by atoms with Gasteiger partial charge in [0.15, 0.2) is 6.10 Å². The first-order valence-electron chi connectivity index (χ1n) is 15.5. The van der Waals surface area contributed by atoms with Gasteiger partial charge in [0.05, 0.1) is 17.8 Å². The predicted octanol–water partition coefficient (Wildman–Crippen LogP) is 5.73. The summed E-state index contributed by atoms with van der Waals surface area (Å²) in [5, 5.41) is 14.5. The molecule has 1 saturated heterocycles. The molecule has 0 bridgehead atoms. The summed E-state index contributed by atoms with van der Waals surface area (Å²) in [5.41, 5.74) is 0.684. The van der Waals surface area contributed by atoms with Crippen LogP contribution in [0.1, 0.15) is 106 Å². The average molecular weight is 516 g/mol. The number of esters is 1. The van der Waals surface area contributed by atoms with Crippen molar-refractivity contribution >= 4 is 5.97 Å². The molecule has 2 N–H and O–H groups in total. The van der Waals surface area contributed by atoms with Crippen LogP contribution in [0.2, 0.25) is 0 Å². The summed E-state index contributed by atoms with van der Waals surface area (Å²) in [6, 6.07) is 0.638. The van der Waals surface area contributed by atoms with Gasteiger partial charge in [0.2, 0.25) is 0 Å². The van der Waals surface area contributed by atoms with Gasteiger partial charge < -0.3 is 19.9 Å². The van der Waals surface area contributed by atoms with Gasteiger partial charge in [0, 0.05) is 13.0 Å². The third kappa shape index (κ3) is 3.29. The van der Waals surface area contributed by atoms with Crippen molar-refractivity contribution in [1.29, 1.82) is 0 Å². The van der Waals surface area contributed by atoms with E-state index >= 15 is 0 Å². The molecule has 210 valence electrons. The Morgan fingerprint density at radius 2 is 1.70 bits per heavy atom. The Kier molecular flexibility index (Phi) is 5.88. The lowest BCUT2D eigenvalue weighted by Crippen LogP contribution is -2.57. The summed E-state index contributed by atoms with van der Waals surface area (Å²) in [6.45, 7) is 15.3. The summed E-state index contributed by atoms with van der Waals surface area (Å²) < 4.78 is 12.5. The lowest BCUT2D eigenvalue weighted by Gasteiger charge is -2.60. The van der Waals surface area contributed by atoms with Crippen LogP contribution in [0.15, 0.2) is 0 Å². The van der Waals surface area contributed by atoms with E-state index < -0.39 is 11.7 Å². The first-order valence-corrected chi connectivity index (χ1v) is 15.5. The lowest BCUT2D eigenvalue weighted by molar-refractivity contribution is -0.200. The fraction of sp³-hybridized carbons (Fsp3) is 0.969. The minimum Gasteiger partial charge on any atom is -0.457 e. The van der Waals surface area contributed by atoms with E-state index in [2.05, 4.69) is 40.1 Å². The molecular weight excluding hydrogens is 462 g/mol. The second-order valence-corrected chi connectivity index (χ2v) is 15.7. The molecular formula is C32H53NO4. The zero-order valence-corrected chi connectivity index (χ0v) is 24.7. The highest BCUT2D eigenvalue weighted by Crippen LogP contribution is 2.89. The molecule has 5 saturated carbocycles. The fourth-order valence-electron chi connectivity index (χ4n) is 12.6. The van der Waals surface area contributed by atoms with Gasteiger partial charge in [-0.1, -0.05) is 27.7 Å². The number of aliphatic hydroxyl groups is 1. The number of rotatable bonds is 4. The zero-order chi connectivity index (χ0) is 26.8. The molecule has 6 aliphatic rings. The molecule has 2 spiro atoms. The van der Waals surface area contributed by atoms with Gasteiger partial charge in [-0.3, -0.25) is 4.79 Å². The van der Waals surface area contributed by atoms with Crippen molar-refractivity contribution in [3.05, 3.63) is 0 Å². The van der Waals surface area contributed by atoms with Crippen molar-refractivity contribution in [3.8, 4) is 0 Å². The Hall–Kier alpha value is -0.650. The molecule has 1 aliphatic heterocycles. The molecule has 5 aliphatic carbocycles. The van der Waals surface area contributed by atoms with Crippen LogP contribution in [-0.4, -0.2) is 48.1 Å². The van der Waals surface area contributed by atoms with Crippen LogP contribution < -0.4 is 5.32 Å². The first-order chi connectivity index (χ1) is 17.2. The highest BCUT2D eigenvalue weighted by Gasteiger charge is 2.84. The second-order valence-electron chi connectivity index (χ2n) is 15.7. The van der Waals surface area contributed by atoms with E-state index in [-0.39, 0.29) is 18.2 Å². The monoisotopic (exact) mass is 515 g/mol. The quantitative estimate of drug-likeness (QED) is 0.468. The summed E-state index contributed by atoms with van der Waals surface area (Å²) in [6.07, 6.45) is 10.8. The van der Waals surface area contributed by atoms with Crippen molar-refractivity contribution in [1.82, 2.24) is 5.32 Å². The van der Waals surface area contributed by atoms with Crippen LogP contribution in [0.4, 0.5) is 0 Å². The van der Waals surface area contributed by atoms with E-state index in [0.29, 0.717) is 33.6 Å². The van der Waals surface area contributed by atoms with Gasteiger partial charge in [0.25, 0.3) is 0 Å². The van der Waals surface area contributed by atoms with Gasteiger partial charge in [-0.25, -0.2) is 0 Å². The van der Waals surface area contributed by atoms with Gasteiger partial charge in [-0.05, 0) is 130 Å². The van der Waals surface area contributed by atoms with E-state index in [1.807, 2.05) is 0 Å². The summed E-state index contributed by atoms with van der Waals surface area (Å²) in [4.78, 5) is 11.9. The molecule has 0 radical (unpaired) electrons. The summed E-state index contributed by atoms with van der Waals surface area (Å²) in [5.74, 6) is 3.49. The van der Waals surface area contributed by atoms with Crippen molar-refractivity contribution < 1.29 is 19.4 Å². The van der Waals surface area contributed by atoms with Gasteiger partial charge in [0.1, 0.15) is 0 Å². The predicted molar refractivity (Wildman–Crippen MR) is 145 cm³/mol. The Balaban J connectivity index is 1.26. The molecule has 0 amide bonds. The molecule has 6 fully saturated rings. The number of hydrogen-bond donors (Lipinski definition) is 2. The van der Waals surface area contributed by atoms with Crippen molar-refractivity contribution in [2.45, 2.75) is 136 Å². The topological polar surface area (TPSA) is 67.8 Å². The molecule has 5 nitrogen and oxygen atoms in total. The largest absolute Gasteiger partial charge is 0.457 e. The van der Waals surface area contributed by atoms with E-state index in [1.54, 1.807) is 13.8 Å². The van der Waals surface area contributed by atoms with E-state index in [0.717, 1.165) is 42.9 Å². The minimum absolute atomic E-state index is 0.220. The fourth-order valence-corrected chi connectivity index (χ4v) is 12.6. The van der Waals surface area contributed by atoms with Gasteiger partial charge >= 0.3 is 5.97 Å². The molecule has 0 aromatic carbocycles. The molecule has 0 aromatic rings. The van der Waals surface area contributed by atoms with Crippen LogP contribution >= 0.6 is 0 Å². The maximum absolute atomic E-state index is 11.9. The molecule has 1 heterocycles. The average Bonchev–Trinajstić information content (AvgIpc) is 3.19. The minimum atomic E-state index is -1.12. The molecule has 0 aromatic heterocycles. The number of nitrogens with one attached hydrogen (secondary N) is 1. The van der Waals surface area contributed by atoms with Crippen molar-refractivity contribution in [2.24, 2.45) is 51.2 Å². The molecule has 5 heteroatoms. The number of hydrogen-bond acceptors (Lipinski definition) is 5. The Bertz CT molecular complexity index is 942. The normalized spacial score (nSPS) is 52.6. The van der Waals surface area contributed by atoms with Crippen LogP contribution in [-0.2, 0) is 14.3 Å². The van der Waals surface area contributed by atoms with E-state index in [1.165, 1.54) is 45.4 Å². The van der Waals surface area contributed by atoms with E-state index in [4.69, 9.17) is 9.47 Å². The van der Waals surface area contributed by atoms with Crippen LogP contribution in [0.3, 0.4) is 0 Å². The third-order valence-electron chi connectivity index (χ3n) is 14.0. The molecule has 6 rings (SSSR count). The lowest BCUT2D eigenvalue weighted by atomic mass is 9.46. The van der Waals surface area contributed by atoms with Gasteiger partial charge in [-0.15, -0.1) is 0 Å². The second kappa shape index (κ2) is 8.19. The van der Waals surface area contributed by atoms with Crippen LogP contribution in [0.5, 0.6) is 0 Å². The summed E-state index contributed by atoms with van der Waals surface area (Å²) >= 11 is 0. The smallest absolute Gasteiger partial charge is 0.303 e. The molecule has 12 atom stereocenters. The third-order valence-corrected chi connectivity index (χ3v) is 14.0. The molecule has 6 unspecified atom stereocenters. The highest BCUT2D eigenvalue weighted by molar-refractivity contribution is 5.66. The van der Waals surface area contributed by atoms with Crippen molar-refractivity contribution in [3.63, 3.8) is 0 Å². The number of fused-ring (bicyclic) bond motifs is 4. The highest BCUT2D eigenvalue weighted by atomic mass is 16.6. The van der Waals surface area contributed by atoms with Crippen LogP contribution in [0.25, 0.3) is 0 Å². The SMILES string of the molecule is CN[C@H]1CCC23C(CC[C@H]4C5CC6O[C@@H]([C@H](OC(C)=O)C(C)(C)O)CCC6C5(C)CC[C@]42[C@@H]3C)C1(C)C. The van der Waals surface area contributed by atoms with Crippen LogP contribution in [0, 0.1) is 51.2 Å². The van der Waals surface area contributed by atoms with E-state index in [9.17, 15) is 9.90 Å². The summed E-state index contributed by atoms with van der Waals surface area (Å²) in [7, 11) is 2.17. The number of ether oxygens (including phenoxy) is 2. The maximum Gasteiger partial charge on any atom is 0.303 e. The van der Waals surface area contributed by atoms with Gasteiger partial charge in [-0.2, -0.15) is 0 Å². The Morgan fingerprint density at radius 1 is 1.00 bits per heavy atom. The standard InChI is InChI=1S/C32H53NO4/c1-18-31-16-15-30(7)21-9-11-23(27(29(5,6)35)36-19(2)34)37-24(21)17-22(30)20(31)10-12-25-28(3,4)26(33-8)13-14-32(18,25)31/h18,20-27,33,35H,9-17H2,1-8H3/t18-,20-,21?,22?,23+,24?,25?,26-,27-,30?,31-,32?/m0/s1. The first kappa shape index (κ1) is 26.6. The molecule has 37 heavy (non-hydrogen) atoms. The number of carbonyl (C=O) groups is 1. The Morgan fingerprint density at radius 3 is 2.35 bits per heavy atom. The van der Waals surface area contributed by atoms with Crippen molar-refractivity contribution in [2.75, 3.05) is 7.05 Å². The number of carbonyl (C=O) groups excluding carboxylic acids is 1.